The Kier molecular flexibility index (Phi) is 6.40. The molecule has 1 aliphatic rings. The fourth-order valence-corrected chi connectivity index (χ4v) is 3.41. The van der Waals surface area contributed by atoms with Gasteiger partial charge in [0.2, 0.25) is 5.91 Å². The van der Waals surface area contributed by atoms with E-state index in [1.165, 1.54) is 5.56 Å². The molecule has 22 heavy (non-hydrogen) atoms. The summed E-state index contributed by atoms with van der Waals surface area (Å²) in [7, 11) is 0. The Morgan fingerprint density at radius 1 is 1.23 bits per heavy atom. The van der Waals surface area contributed by atoms with E-state index in [2.05, 4.69) is 19.1 Å². The quantitative estimate of drug-likeness (QED) is 0.810. The zero-order valence-corrected chi connectivity index (χ0v) is 13.3. The van der Waals surface area contributed by atoms with Gasteiger partial charge in [-0.3, -0.25) is 4.79 Å². The second-order valence-electron chi connectivity index (χ2n) is 6.23. The highest BCUT2D eigenvalue weighted by Gasteiger charge is 2.34. The number of hydrogen-bond acceptors (Lipinski definition) is 3. The molecular weight excluding hydrogens is 278 g/mol. The Morgan fingerprint density at radius 3 is 2.50 bits per heavy atom. The van der Waals surface area contributed by atoms with Crippen molar-refractivity contribution in [2.24, 2.45) is 11.8 Å². The number of aliphatic hydroxyl groups excluding tert-OH is 2. The van der Waals surface area contributed by atoms with Crippen LogP contribution in [-0.2, 0) is 4.79 Å². The Labute approximate surface area is 132 Å². The second kappa shape index (κ2) is 8.30. The molecule has 1 aromatic rings. The van der Waals surface area contributed by atoms with Crippen molar-refractivity contribution in [1.82, 2.24) is 4.90 Å². The van der Waals surface area contributed by atoms with Crippen LogP contribution in [0.15, 0.2) is 30.3 Å². The van der Waals surface area contributed by atoms with Crippen molar-refractivity contribution in [3.8, 4) is 0 Å². The number of rotatable bonds is 7. The third-order valence-electron chi connectivity index (χ3n) is 4.85. The summed E-state index contributed by atoms with van der Waals surface area (Å²) in [6.07, 6.45) is 2.11. The number of carbonyl (C=O) groups excluding carboxylic acids is 1. The molecule has 4 nitrogen and oxygen atoms in total. The SMILES string of the molecule is CCC(CC(=O)N1CC(CO)C(CCO)C1)c1ccccc1. The van der Waals surface area contributed by atoms with Crippen LogP contribution in [0.5, 0.6) is 0 Å². The van der Waals surface area contributed by atoms with Gasteiger partial charge in [0.05, 0.1) is 0 Å². The van der Waals surface area contributed by atoms with Gasteiger partial charge in [0.15, 0.2) is 0 Å². The van der Waals surface area contributed by atoms with Crippen molar-refractivity contribution in [1.29, 1.82) is 0 Å². The summed E-state index contributed by atoms with van der Waals surface area (Å²) in [6.45, 7) is 3.59. The van der Waals surface area contributed by atoms with Crippen LogP contribution in [0.1, 0.15) is 37.7 Å². The van der Waals surface area contributed by atoms with Gasteiger partial charge >= 0.3 is 0 Å². The molecule has 4 heteroatoms. The molecule has 1 heterocycles. The van der Waals surface area contributed by atoms with Crippen LogP contribution in [0.3, 0.4) is 0 Å². The lowest BCUT2D eigenvalue weighted by Gasteiger charge is -2.21. The van der Waals surface area contributed by atoms with Crippen molar-refractivity contribution in [2.45, 2.75) is 32.1 Å². The van der Waals surface area contributed by atoms with E-state index in [0.717, 1.165) is 6.42 Å². The van der Waals surface area contributed by atoms with Gasteiger partial charge in [-0.05, 0) is 30.2 Å². The summed E-state index contributed by atoms with van der Waals surface area (Å²) in [5.41, 5.74) is 1.21. The highest BCUT2D eigenvalue weighted by atomic mass is 16.3. The molecule has 1 fully saturated rings. The molecule has 0 saturated carbocycles. The molecule has 2 rings (SSSR count). The Bertz CT molecular complexity index is 463. The minimum Gasteiger partial charge on any atom is -0.396 e. The van der Waals surface area contributed by atoms with Gasteiger partial charge in [0.25, 0.3) is 0 Å². The minimum absolute atomic E-state index is 0.0876. The van der Waals surface area contributed by atoms with Gasteiger partial charge in [-0.25, -0.2) is 0 Å². The number of aliphatic hydroxyl groups is 2. The lowest BCUT2D eigenvalue weighted by molar-refractivity contribution is -0.130. The van der Waals surface area contributed by atoms with Crippen LogP contribution in [-0.4, -0.2) is 47.3 Å². The van der Waals surface area contributed by atoms with Gasteiger partial charge in [-0.15, -0.1) is 0 Å². The molecule has 0 bridgehead atoms. The summed E-state index contributed by atoms with van der Waals surface area (Å²) in [4.78, 5) is 14.4. The fourth-order valence-electron chi connectivity index (χ4n) is 3.41. The van der Waals surface area contributed by atoms with Crippen LogP contribution in [0.4, 0.5) is 0 Å². The average Bonchev–Trinajstić information content (AvgIpc) is 2.97. The van der Waals surface area contributed by atoms with Crippen molar-refractivity contribution < 1.29 is 15.0 Å². The molecule has 2 N–H and O–H groups in total. The summed E-state index contributed by atoms with van der Waals surface area (Å²) >= 11 is 0. The van der Waals surface area contributed by atoms with Gasteiger partial charge in [0, 0.05) is 38.6 Å². The van der Waals surface area contributed by atoms with Crippen molar-refractivity contribution >= 4 is 5.91 Å². The first kappa shape index (κ1) is 17.0. The molecular formula is C18H27NO3. The van der Waals surface area contributed by atoms with Crippen LogP contribution >= 0.6 is 0 Å². The van der Waals surface area contributed by atoms with E-state index in [1.54, 1.807) is 0 Å². The second-order valence-corrected chi connectivity index (χ2v) is 6.23. The Balaban J connectivity index is 1.97. The average molecular weight is 305 g/mol. The number of benzene rings is 1. The molecule has 3 unspecified atom stereocenters. The maximum Gasteiger partial charge on any atom is 0.223 e. The van der Waals surface area contributed by atoms with Gasteiger partial charge in [-0.2, -0.15) is 0 Å². The normalized spacial score (nSPS) is 22.8. The molecule has 0 aliphatic carbocycles. The lowest BCUT2D eigenvalue weighted by atomic mass is 9.93. The zero-order valence-electron chi connectivity index (χ0n) is 13.3. The minimum atomic E-state index is 0.0876. The third kappa shape index (κ3) is 4.08. The number of carbonyl (C=O) groups is 1. The van der Waals surface area contributed by atoms with E-state index in [9.17, 15) is 9.90 Å². The van der Waals surface area contributed by atoms with Crippen LogP contribution in [0, 0.1) is 11.8 Å². The lowest BCUT2D eigenvalue weighted by Crippen LogP contribution is -2.30. The highest BCUT2D eigenvalue weighted by molar-refractivity contribution is 5.77. The number of hydrogen-bond donors (Lipinski definition) is 2. The standard InChI is InChI=1S/C18H27NO3/c1-2-14(15-6-4-3-5-7-15)10-18(22)19-11-16(8-9-20)17(12-19)13-21/h3-7,14,16-17,20-21H,2,8-13H2,1H3. The van der Waals surface area contributed by atoms with E-state index >= 15 is 0 Å². The number of nitrogens with zero attached hydrogens (tertiary/aromatic N) is 1. The van der Waals surface area contributed by atoms with E-state index in [1.807, 2.05) is 23.1 Å². The fraction of sp³-hybridized carbons (Fsp3) is 0.611. The predicted octanol–water partition coefficient (Wildman–Crippen LogP) is 2.02. The van der Waals surface area contributed by atoms with E-state index in [4.69, 9.17) is 5.11 Å². The third-order valence-corrected chi connectivity index (χ3v) is 4.85. The molecule has 0 aromatic heterocycles. The van der Waals surface area contributed by atoms with Crippen LogP contribution in [0.25, 0.3) is 0 Å². The largest absolute Gasteiger partial charge is 0.396 e. The van der Waals surface area contributed by atoms with Gasteiger partial charge < -0.3 is 15.1 Å². The summed E-state index contributed by atoms with van der Waals surface area (Å²) in [5, 5.41) is 18.6. The first-order valence-corrected chi connectivity index (χ1v) is 8.24. The van der Waals surface area contributed by atoms with Crippen LogP contribution < -0.4 is 0 Å². The molecule has 1 aliphatic heterocycles. The molecule has 1 amide bonds. The smallest absolute Gasteiger partial charge is 0.223 e. The Hall–Kier alpha value is -1.39. The van der Waals surface area contributed by atoms with Gasteiger partial charge in [-0.1, -0.05) is 37.3 Å². The number of likely N-dealkylation sites (tertiary alicyclic amines) is 1. The Morgan fingerprint density at radius 2 is 1.91 bits per heavy atom. The predicted molar refractivity (Wildman–Crippen MR) is 86.4 cm³/mol. The summed E-state index contributed by atoms with van der Waals surface area (Å²) in [6, 6.07) is 10.2. The molecule has 122 valence electrons. The summed E-state index contributed by atoms with van der Waals surface area (Å²) < 4.78 is 0. The van der Waals surface area contributed by atoms with Gasteiger partial charge in [0.1, 0.15) is 0 Å². The topological polar surface area (TPSA) is 60.8 Å². The number of amides is 1. The van der Waals surface area contributed by atoms with E-state index in [0.29, 0.717) is 25.9 Å². The highest BCUT2D eigenvalue weighted by Crippen LogP contribution is 2.29. The first-order valence-electron chi connectivity index (χ1n) is 8.24. The molecule has 1 saturated heterocycles. The van der Waals surface area contributed by atoms with E-state index < -0.39 is 0 Å². The van der Waals surface area contributed by atoms with Crippen LogP contribution in [0.2, 0.25) is 0 Å². The first-order chi connectivity index (χ1) is 10.7. The summed E-state index contributed by atoms with van der Waals surface area (Å²) in [5.74, 6) is 0.733. The monoisotopic (exact) mass is 305 g/mol. The molecule has 0 radical (unpaired) electrons. The van der Waals surface area contributed by atoms with Crippen molar-refractivity contribution in [3.05, 3.63) is 35.9 Å². The molecule has 3 atom stereocenters. The zero-order chi connectivity index (χ0) is 15.9. The van der Waals surface area contributed by atoms with Crippen molar-refractivity contribution in [2.75, 3.05) is 26.3 Å². The van der Waals surface area contributed by atoms with Crippen molar-refractivity contribution in [3.63, 3.8) is 0 Å². The molecule has 1 aromatic carbocycles. The molecule has 0 spiro atoms. The maximum absolute atomic E-state index is 12.6. The van der Waals surface area contributed by atoms with E-state index in [-0.39, 0.29) is 36.9 Å². The maximum atomic E-state index is 12.6.